The van der Waals surface area contributed by atoms with Crippen LogP contribution in [0.15, 0.2) is 0 Å². The van der Waals surface area contributed by atoms with Gasteiger partial charge in [-0.3, -0.25) is 4.90 Å². The van der Waals surface area contributed by atoms with Crippen molar-refractivity contribution in [1.82, 2.24) is 4.90 Å². The van der Waals surface area contributed by atoms with E-state index in [1.165, 1.54) is 38.6 Å². The van der Waals surface area contributed by atoms with Gasteiger partial charge in [-0.2, -0.15) is 0 Å². The fraction of sp³-hybridized carbons (Fsp3) is 1.00. The predicted molar refractivity (Wildman–Crippen MR) is 43.0 cm³/mol. The van der Waals surface area contributed by atoms with Gasteiger partial charge in [0.25, 0.3) is 0 Å². The average molecular weight is 139 g/mol. The first-order valence-corrected chi connectivity index (χ1v) is 4.63. The second kappa shape index (κ2) is 2.54. The van der Waals surface area contributed by atoms with Crippen LogP contribution in [0.3, 0.4) is 0 Å². The molecule has 58 valence electrons. The van der Waals surface area contributed by atoms with Gasteiger partial charge in [0, 0.05) is 12.1 Å². The van der Waals surface area contributed by atoms with Crippen LogP contribution in [-0.4, -0.2) is 23.5 Å². The molecule has 1 heteroatoms. The van der Waals surface area contributed by atoms with Crippen LogP contribution in [0.2, 0.25) is 0 Å². The molecule has 0 radical (unpaired) electrons. The van der Waals surface area contributed by atoms with E-state index in [9.17, 15) is 0 Å². The van der Waals surface area contributed by atoms with E-state index in [0.717, 1.165) is 12.1 Å². The fourth-order valence-corrected chi connectivity index (χ4v) is 2.56. The third kappa shape index (κ3) is 0.968. The van der Waals surface area contributed by atoms with Crippen LogP contribution in [0.1, 0.15) is 39.0 Å². The quantitative estimate of drug-likeness (QED) is 0.496. The van der Waals surface area contributed by atoms with Crippen molar-refractivity contribution in [1.29, 1.82) is 0 Å². The van der Waals surface area contributed by atoms with Crippen molar-refractivity contribution in [2.45, 2.75) is 51.1 Å². The Labute approximate surface area is 63.4 Å². The molecule has 2 aliphatic rings. The van der Waals surface area contributed by atoms with Gasteiger partial charge < -0.3 is 0 Å². The monoisotopic (exact) mass is 139 g/mol. The van der Waals surface area contributed by atoms with Gasteiger partial charge >= 0.3 is 0 Å². The molecule has 2 heterocycles. The number of hydrogen-bond donors (Lipinski definition) is 0. The van der Waals surface area contributed by atoms with Gasteiger partial charge in [0.15, 0.2) is 0 Å². The molecule has 1 nitrogen and oxygen atoms in total. The van der Waals surface area contributed by atoms with Gasteiger partial charge in [0.05, 0.1) is 0 Å². The van der Waals surface area contributed by atoms with Crippen LogP contribution in [0.5, 0.6) is 0 Å². The molecule has 2 saturated heterocycles. The molecule has 2 aliphatic heterocycles. The molecule has 0 aromatic rings. The minimum Gasteiger partial charge on any atom is -0.298 e. The van der Waals surface area contributed by atoms with Crippen LogP contribution >= 0.6 is 0 Å². The van der Waals surface area contributed by atoms with Gasteiger partial charge in [-0.05, 0) is 39.2 Å². The van der Waals surface area contributed by atoms with E-state index in [1.807, 2.05) is 0 Å². The second-order valence-corrected chi connectivity index (χ2v) is 3.81. The number of hydrogen-bond acceptors (Lipinski definition) is 1. The Hall–Kier alpha value is -0.0400. The zero-order chi connectivity index (χ0) is 6.97. The molecule has 0 amide bonds. The van der Waals surface area contributed by atoms with Crippen LogP contribution in [0.25, 0.3) is 0 Å². The van der Waals surface area contributed by atoms with Crippen LogP contribution in [0, 0.1) is 0 Å². The summed E-state index contributed by atoms with van der Waals surface area (Å²) in [6.07, 6.45) is 7.32. The minimum atomic E-state index is 0.890. The SMILES string of the molecule is C[C@H]1CCCC2CCCN21. The first-order valence-electron chi connectivity index (χ1n) is 4.63. The molecule has 10 heavy (non-hydrogen) atoms. The molecule has 1 unspecified atom stereocenters. The predicted octanol–water partition coefficient (Wildman–Crippen LogP) is 2.02. The van der Waals surface area contributed by atoms with E-state index in [-0.39, 0.29) is 0 Å². The lowest BCUT2D eigenvalue weighted by molar-refractivity contribution is 0.135. The zero-order valence-electron chi connectivity index (χ0n) is 6.84. The molecule has 0 saturated carbocycles. The fourth-order valence-electron chi connectivity index (χ4n) is 2.56. The Kier molecular flexibility index (Phi) is 1.69. The lowest BCUT2D eigenvalue weighted by Crippen LogP contribution is -2.40. The van der Waals surface area contributed by atoms with Crippen molar-refractivity contribution in [2.75, 3.05) is 6.54 Å². The standard InChI is InChI=1S/C9H17N/c1-8-4-2-5-9-6-3-7-10(8)9/h8-9H,2-7H2,1H3/t8-,9?/m0/s1. The maximum Gasteiger partial charge on any atom is 0.00985 e. The molecule has 0 aromatic carbocycles. The highest BCUT2D eigenvalue weighted by Gasteiger charge is 2.30. The topological polar surface area (TPSA) is 3.24 Å². The first kappa shape index (κ1) is 6.66. The molecular weight excluding hydrogens is 122 g/mol. The Morgan fingerprint density at radius 2 is 1.90 bits per heavy atom. The Morgan fingerprint density at radius 1 is 1.10 bits per heavy atom. The van der Waals surface area contributed by atoms with Crippen LogP contribution < -0.4 is 0 Å². The van der Waals surface area contributed by atoms with E-state index in [0.29, 0.717) is 0 Å². The van der Waals surface area contributed by atoms with E-state index in [1.54, 1.807) is 0 Å². The maximum absolute atomic E-state index is 2.71. The number of piperidine rings is 1. The van der Waals surface area contributed by atoms with Gasteiger partial charge in [-0.1, -0.05) is 6.42 Å². The normalized spacial score (nSPS) is 41.7. The largest absolute Gasteiger partial charge is 0.298 e. The smallest absolute Gasteiger partial charge is 0.00985 e. The summed E-state index contributed by atoms with van der Waals surface area (Å²) in [4.78, 5) is 2.71. The van der Waals surface area contributed by atoms with Crippen LogP contribution in [-0.2, 0) is 0 Å². The first-order chi connectivity index (χ1) is 4.88. The second-order valence-electron chi connectivity index (χ2n) is 3.81. The van der Waals surface area contributed by atoms with Crippen molar-refractivity contribution < 1.29 is 0 Å². The third-order valence-corrected chi connectivity index (χ3v) is 3.15. The van der Waals surface area contributed by atoms with Crippen molar-refractivity contribution >= 4 is 0 Å². The summed E-state index contributed by atoms with van der Waals surface area (Å²) in [6.45, 7) is 3.77. The molecule has 0 aromatic heterocycles. The molecule has 2 fully saturated rings. The number of fused-ring (bicyclic) bond motifs is 1. The van der Waals surface area contributed by atoms with Crippen molar-refractivity contribution in [3.63, 3.8) is 0 Å². The molecule has 0 aliphatic carbocycles. The van der Waals surface area contributed by atoms with Crippen LogP contribution in [0.4, 0.5) is 0 Å². The molecule has 2 rings (SSSR count). The highest BCUT2D eigenvalue weighted by atomic mass is 15.2. The summed E-state index contributed by atoms with van der Waals surface area (Å²) < 4.78 is 0. The van der Waals surface area contributed by atoms with Crippen molar-refractivity contribution in [3.05, 3.63) is 0 Å². The summed E-state index contributed by atoms with van der Waals surface area (Å²) in [5.41, 5.74) is 0. The van der Waals surface area contributed by atoms with E-state index < -0.39 is 0 Å². The van der Waals surface area contributed by atoms with E-state index in [4.69, 9.17) is 0 Å². The summed E-state index contributed by atoms with van der Waals surface area (Å²) in [6, 6.07) is 1.87. The summed E-state index contributed by atoms with van der Waals surface area (Å²) in [7, 11) is 0. The molecule has 0 spiro atoms. The molecule has 2 atom stereocenters. The molecular formula is C9H17N. The number of rotatable bonds is 0. The number of nitrogens with zero attached hydrogens (tertiary/aromatic N) is 1. The summed E-state index contributed by atoms with van der Waals surface area (Å²) >= 11 is 0. The van der Waals surface area contributed by atoms with Crippen molar-refractivity contribution in [2.24, 2.45) is 0 Å². The summed E-state index contributed by atoms with van der Waals surface area (Å²) in [5, 5.41) is 0. The third-order valence-electron chi connectivity index (χ3n) is 3.15. The highest BCUT2D eigenvalue weighted by Crippen LogP contribution is 2.30. The molecule has 0 bridgehead atoms. The Bertz CT molecular complexity index is 122. The Morgan fingerprint density at radius 3 is 2.70 bits per heavy atom. The van der Waals surface area contributed by atoms with Gasteiger partial charge in [-0.15, -0.1) is 0 Å². The lowest BCUT2D eigenvalue weighted by Gasteiger charge is -2.35. The van der Waals surface area contributed by atoms with Crippen molar-refractivity contribution in [3.8, 4) is 0 Å². The summed E-state index contributed by atoms with van der Waals surface area (Å²) in [5.74, 6) is 0. The zero-order valence-corrected chi connectivity index (χ0v) is 6.84. The Balaban J connectivity index is 2.03. The van der Waals surface area contributed by atoms with E-state index in [2.05, 4.69) is 11.8 Å². The minimum absolute atomic E-state index is 0.890. The van der Waals surface area contributed by atoms with Gasteiger partial charge in [0.2, 0.25) is 0 Å². The maximum atomic E-state index is 2.71. The highest BCUT2D eigenvalue weighted by molar-refractivity contribution is 4.86. The van der Waals surface area contributed by atoms with Gasteiger partial charge in [-0.25, -0.2) is 0 Å². The molecule has 0 N–H and O–H groups in total. The van der Waals surface area contributed by atoms with E-state index >= 15 is 0 Å². The lowest BCUT2D eigenvalue weighted by atomic mass is 9.98. The van der Waals surface area contributed by atoms with Gasteiger partial charge in [0.1, 0.15) is 0 Å². The average Bonchev–Trinajstić information content (AvgIpc) is 2.36.